The maximum absolute atomic E-state index is 15.1. The topological polar surface area (TPSA) is 71.7 Å². The molecule has 2 aliphatic heterocycles. The van der Waals surface area contributed by atoms with E-state index in [1.54, 1.807) is 4.90 Å². The van der Waals surface area contributed by atoms with Crippen molar-refractivity contribution in [1.29, 1.82) is 0 Å². The number of rotatable bonds is 8. The van der Waals surface area contributed by atoms with Gasteiger partial charge in [0.15, 0.2) is 5.82 Å². The highest BCUT2D eigenvalue weighted by Gasteiger charge is 2.50. The average molecular weight is 525 g/mol. The third-order valence-corrected chi connectivity index (χ3v) is 9.43. The largest absolute Gasteiger partial charge is 0.373 e. The molecule has 0 N–H and O–H groups in total. The molecule has 0 unspecified atom stereocenters. The van der Waals surface area contributed by atoms with Gasteiger partial charge < -0.3 is 19.1 Å². The zero-order valence-electron chi connectivity index (χ0n) is 21.7. The van der Waals surface area contributed by atoms with Gasteiger partial charge in [0.05, 0.1) is 24.0 Å². The molecule has 1 aromatic rings. The summed E-state index contributed by atoms with van der Waals surface area (Å²) in [4.78, 5) is 21.8. The Balaban J connectivity index is 1.04. The smallest absolute Gasteiger partial charge is 0.253 e. The van der Waals surface area contributed by atoms with E-state index in [1.807, 2.05) is 6.92 Å². The molecule has 7 nitrogen and oxygen atoms in total. The monoisotopic (exact) mass is 524 g/mol. The van der Waals surface area contributed by atoms with Crippen molar-refractivity contribution in [2.75, 3.05) is 32.7 Å². The van der Waals surface area contributed by atoms with Crippen molar-refractivity contribution in [2.45, 2.75) is 107 Å². The van der Waals surface area contributed by atoms with Crippen LogP contribution in [0.2, 0.25) is 0 Å². The number of aromatic nitrogens is 2. The predicted octanol–water partition coefficient (Wildman–Crippen LogP) is 4.47. The number of amides is 1. The highest BCUT2D eigenvalue weighted by atomic mass is 19.3. The molecule has 3 saturated carbocycles. The van der Waals surface area contributed by atoms with Crippen LogP contribution in [0.4, 0.5) is 13.2 Å². The van der Waals surface area contributed by atoms with E-state index < -0.39 is 24.1 Å². The summed E-state index contributed by atoms with van der Waals surface area (Å²) in [6, 6.07) is 0. The summed E-state index contributed by atoms with van der Waals surface area (Å²) in [6.07, 6.45) is 4.29. The van der Waals surface area contributed by atoms with Gasteiger partial charge in [-0.1, -0.05) is 12.1 Å². The second-order valence-corrected chi connectivity index (χ2v) is 12.5. The van der Waals surface area contributed by atoms with Gasteiger partial charge in [-0.2, -0.15) is 4.98 Å². The first-order valence-corrected chi connectivity index (χ1v) is 14.2. The number of alkyl halides is 3. The Morgan fingerprint density at radius 2 is 1.89 bits per heavy atom. The number of carbonyl (C=O) groups excluding carboxylic acids is 1. The third-order valence-electron chi connectivity index (χ3n) is 9.43. The average Bonchev–Trinajstić information content (AvgIpc) is 3.70. The van der Waals surface area contributed by atoms with Crippen molar-refractivity contribution < 1.29 is 27.2 Å². The van der Waals surface area contributed by atoms with Crippen LogP contribution in [0.25, 0.3) is 0 Å². The molecule has 1 amide bonds. The van der Waals surface area contributed by atoms with Gasteiger partial charge in [0, 0.05) is 51.0 Å². The van der Waals surface area contributed by atoms with Crippen LogP contribution in [0.5, 0.6) is 0 Å². The van der Waals surface area contributed by atoms with Gasteiger partial charge in [-0.05, 0) is 57.3 Å². The Kier molecular flexibility index (Phi) is 6.79. The first-order chi connectivity index (χ1) is 17.7. The van der Waals surface area contributed by atoms with Gasteiger partial charge in [-0.3, -0.25) is 4.79 Å². The van der Waals surface area contributed by atoms with E-state index in [0.717, 1.165) is 32.0 Å². The Hall–Kier alpha value is -1.68. The fraction of sp³-hybridized carbons (Fsp3) is 0.889. The maximum atomic E-state index is 15.1. The van der Waals surface area contributed by atoms with Crippen molar-refractivity contribution >= 4 is 5.91 Å². The number of likely N-dealkylation sites (tertiary alicyclic amines) is 2. The number of piperidine rings is 1. The van der Waals surface area contributed by atoms with Crippen molar-refractivity contribution in [2.24, 2.45) is 11.8 Å². The van der Waals surface area contributed by atoms with E-state index in [1.165, 1.54) is 12.8 Å². The van der Waals surface area contributed by atoms with Gasteiger partial charge >= 0.3 is 0 Å². The first-order valence-electron chi connectivity index (χ1n) is 14.2. The fourth-order valence-corrected chi connectivity index (χ4v) is 6.47. The molecule has 0 bridgehead atoms. The van der Waals surface area contributed by atoms with Gasteiger partial charge in [-0.15, -0.1) is 0 Å². The molecule has 5 fully saturated rings. The highest BCUT2D eigenvalue weighted by molar-refractivity contribution is 5.76. The lowest BCUT2D eigenvalue weighted by molar-refractivity contribution is -0.174. The normalized spacial score (nSPS) is 35.6. The van der Waals surface area contributed by atoms with Crippen molar-refractivity contribution in [3.63, 3.8) is 0 Å². The quantitative estimate of drug-likeness (QED) is 0.500. The summed E-state index contributed by atoms with van der Waals surface area (Å²) in [7, 11) is 0. The van der Waals surface area contributed by atoms with E-state index in [-0.39, 0.29) is 36.2 Å². The summed E-state index contributed by atoms with van der Waals surface area (Å²) < 4.78 is 55.2. The van der Waals surface area contributed by atoms with Crippen LogP contribution in [0, 0.1) is 11.8 Å². The first kappa shape index (κ1) is 25.6. The van der Waals surface area contributed by atoms with Crippen molar-refractivity contribution in [3.8, 4) is 0 Å². The lowest BCUT2D eigenvalue weighted by atomic mass is 9.78. The van der Waals surface area contributed by atoms with Crippen LogP contribution in [0.15, 0.2) is 4.52 Å². The highest BCUT2D eigenvalue weighted by Crippen LogP contribution is 2.45. The molecule has 0 spiro atoms. The molecule has 5 atom stereocenters. The molecule has 37 heavy (non-hydrogen) atoms. The molecular formula is C27H39F3N4O3. The van der Waals surface area contributed by atoms with Crippen LogP contribution in [-0.4, -0.2) is 82.9 Å². The van der Waals surface area contributed by atoms with E-state index in [2.05, 4.69) is 15.0 Å². The van der Waals surface area contributed by atoms with Crippen molar-refractivity contribution in [1.82, 2.24) is 19.9 Å². The molecule has 5 aliphatic rings. The van der Waals surface area contributed by atoms with Crippen LogP contribution in [0.1, 0.15) is 88.8 Å². The Bertz CT molecular complexity index is 978. The minimum Gasteiger partial charge on any atom is -0.373 e. The Morgan fingerprint density at radius 3 is 2.59 bits per heavy atom. The van der Waals surface area contributed by atoms with Crippen LogP contribution in [0.3, 0.4) is 0 Å². The lowest BCUT2D eigenvalue weighted by Gasteiger charge is -2.41. The van der Waals surface area contributed by atoms with Crippen LogP contribution >= 0.6 is 0 Å². The third kappa shape index (κ3) is 5.56. The summed E-state index contributed by atoms with van der Waals surface area (Å²) in [5.41, 5.74) is -0.380. The zero-order chi connectivity index (χ0) is 25.8. The van der Waals surface area contributed by atoms with Gasteiger partial charge in [-0.25, -0.2) is 13.2 Å². The minimum atomic E-state index is -2.90. The summed E-state index contributed by atoms with van der Waals surface area (Å²) >= 11 is 0. The van der Waals surface area contributed by atoms with Gasteiger partial charge in [0.2, 0.25) is 11.8 Å². The van der Waals surface area contributed by atoms with Gasteiger partial charge in [0.25, 0.3) is 5.92 Å². The zero-order valence-corrected chi connectivity index (χ0v) is 21.7. The number of halogens is 3. The van der Waals surface area contributed by atoms with Gasteiger partial charge in [0.1, 0.15) is 6.17 Å². The summed E-state index contributed by atoms with van der Waals surface area (Å²) in [5.74, 6) is -2.78. The maximum Gasteiger partial charge on any atom is 0.253 e. The van der Waals surface area contributed by atoms with Crippen molar-refractivity contribution in [3.05, 3.63) is 11.7 Å². The van der Waals surface area contributed by atoms with Crippen LogP contribution < -0.4 is 0 Å². The number of carbonyl (C=O) groups is 1. The number of nitrogens with zero attached hydrogens (tertiary/aromatic N) is 4. The molecular weight excluding hydrogens is 485 g/mol. The Labute approximate surface area is 216 Å². The molecule has 6 rings (SSSR count). The summed E-state index contributed by atoms with van der Waals surface area (Å²) in [6.45, 7) is 5.81. The number of ether oxygens (including phenoxy) is 1. The molecule has 10 heteroatoms. The second kappa shape index (κ2) is 9.81. The number of hydrogen-bond donors (Lipinski definition) is 0. The standard InChI is InChI=1S/C27H39F3N4O3/c1-26(25-31-24(37-32-25)19-13-21(19)28)8-11-34(12-9-26)23(35)14-20-22(3-2-7-27(20,29)30)36-18-6-10-33(16-18)15-17-4-5-17/h17-22H,2-16H2,1H3/t18-,19+,20+,21-,22-/m0/s1. The van der Waals surface area contributed by atoms with E-state index >= 15 is 8.78 Å². The predicted molar refractivity (Wildman–Crippen MR) is 129 cm³/mol. The van der Waals surface area contributed by atoms with Crippen LogP contribution in [-0.2, 0) is 14.9 Å². The summed E-state index contributed by atoms with van der Waals surface area (Å²) in [5, 5.41) is 4.10. The molecule has 206 valence electrons. The molecule has 0 aromatic carbocycles. The lowest BCUT2D eigenvalue weighted by Crippen LogP contribution is -2.49. The van der Waals surface area contributed by atoms with E-state index in [0.29, 0.717) is 56.9 Å². The minimum absolute atomic E-state index is 0.0193. The van der Waals surface area contributed by atoms with E-state index in [9.17, 15) is 9.18 Å². The number of hydrogen-bond acceptors (Lipinski definition) is 6. The molecule has 1 aromatic heterocycles. The molecule has 3 heterocycles. The SMILES string of the molecule is CC1(c2noc([C@@H]3C[C@@H]3F)n2)CCN(C(=O)C[C@@H]2[C@@H](O[C@H]3CCN(CC4CC4)C3)CCCC2(F)F)CC1. The Morgan fingerprint density at radius 1 is 1.14 bits per heavy atom. The fourth-order valence-electron chi connectivity index (χ4n) is 6.47. The second-order valence-electron chi connectivity index (χ2n) is 12.5. The molecule has 3 aliphatic carbocycles. The van der Waals surface area contributed by atoms with E-state index in [4.69, 9.17) is 9.26 Å². The molecule has 0 radical (unpaired) electrons. The molecule has 2 saturated heterocycles.